The van der Waals surface area contributed by atoms with Crippen molar-refractivity contribution in [3.8, 4) is 16.6 Å². The number of alkyl halides is 3. The smallest absolute Gasteiger partial charge is 0.269 e. The zero-order chi connectivity index (χ0) is 20.6. The third-order valence-electron chi connectivity index (χ3n) is 3.89. The Hall–Kier alpha value is -2.68. The van der Waals surface area contributed by atoms with Gasteiger partial charge in [-0.15, -0.1) is 22.7 Å². The first-order chi connectivity index (χ1) is 13.9. The fourth-order valence-electron chi connectivity index (χ4n) is 2.61. The van der Waals surface area contributed by atoms with Gasteiger partial charge in [-0.2, -0.15) is 18.4 Å². The number of aromatic nitrogens is 3. The minimum atomic E-state index is -4.69. The summed E-state index contributed by atoms with van der Waals surface area (Å²) in [5.74, 6) is 0.108. The van der Waals surface area contributed by atoms with Gasteiger partial charge in [0.15, 0.2) is 4.96 Å². The zero-order valence-corrected chi connectivity index (χ0v) is 16.8. The van der Waals surface area contributed by atoms with Crippen molar-refractivity contribution in [1.29, 1.82) is 5.26 Å². The Labute approximate surface area is 174 Å². The van der Waals surface area contributed by atoms with E-state index in [1.807, 2.05) is 0 Å². The molecule has 11 heteroatoms. The van der Waals surface area contributed by atoms with Crippen molar-refractivity contribution >= 4 is 39.4 Å². The van der Waals surface area contributed by atoms with Crippen LogP contribution in [0.25, 0.3) is 15.5 Å². The van der Waals surface area contributed by atoms with Crippen LogP contribution in [0.3, 0.4) is 0 Å². The summed E-state index contributed by atoms with van der Waals surface area (Å²) >= 11 is 3.49. The molecule has 0 unspecified atom stereocenters. The number of thioether (sulfide) groups is 1. The molecule has 29 heavy (non-hydrogen) atoms. The molecule has 4 aromatic heterocycles. The summed E-state index contributed by atoms with van der Waals surface area (Å²) in [4.78, 5) is 21.8. The number of pyridine rings is 1. The summed E-state index contributed by atoms with van der Waals surface area (Å²) in [7, 11) is 0. The normalized spacial score (nSPS) is 11.7. The van der Waals surface area contributed by atoms with Crippen LogP contribution in [-0.2, 0) is 11.9 Å². The number of hydrogen-bond acceptors (Lipinski definition) is 7. The van der Waals surface area contributed by atoms with Crippen molar-refractivity contribution in [2.75, 3.05) is 0 Å². The third kappa shape index (κ3) is 3.91. The first-order valence-corrected chi connectivity index (χ1v) is 10.8. The van der Waals surface area contributed by atoms with Gasteiger partial charge in [0.05, 0.1) is 27.4 Å². The first-order valence-electron chi connectivity index (χ1n) is 8.01. The van der Waals surface area contributed by atoms with Crippen molar-refractivity contribution in [3.05, 3.63) is 68.4 Å². The van der Waals surface area contributed by atoms with Gasteiger partial charge in [0.1, 0.15) is 11.1 Å². The number of thiazole rings is 1. The van der Waals surface area contributed by atoms with E-state index in [4.69, 9.17) is 0 Å². The second kappa shape index (κ2) is 7.62. The van der Waals surface area contributed by atoms with E-state index < -0.39 is 17.3 Å². The van der Waals surface area contributed by atoms with Crippen molar-refractivity contribution in [2.24, 2.45) is 0 Å². The number of nitriles is 1. The van der Waals surface area contributed by atoms with E-state index in [1.165, 1.54) is 33.1 Å². The number of nitrogens with zero attached hydrogens (tertiary/aromatic N) is 4. The highest BCUT2D eigenvalue weighted by Gasteiger charge is 2.36. The number of fused-ring (bicyclic) bond motifs is 1. The highest BCUT2D eigenvalue weighted by molar-refractivity contribution is 7.98. The molecule has 0 aliphatic heterocycles. The van der Waals surface area contributed by atoms with Crippen molar-refractivity contribution < 1.29 is 13.2 Å². The zero-order valence-electron chi connectivity index (χ0n) is 14.3. The highest BCUT2D eigenvalue weighted by atomic mass is 32.2. The van der Waals surface area contributed by atoms with Crippen LogP contribution < -0.4 is 5.56 Å². The van der Waals surface area contributed by atoms with E-state index in [0.29, 0.717) is 15.5 Å². The Morgan fingerprint density at radius 1 is 1.21 bits per heavy atom. The number of thiophene rings is 1. The number of halogens is 3. The molecule has 0 saturated heterocycles. The lowest BCUT2D eigenvalue weighted by Crippen LogP contribution is -2.13. The average Bonchev–Trinajstić information content (AvgIpc) is 3.36. The Balaban J connectivity index is 1.76. The molecular weight excluding hydrogens is 441 g/mol. The predicted molar refractivity (Wildman–Crippen MR) is 106 cm³/mol. The SMILES string of the molecule is N#Cc1c(C(F)(F)F)cc(-c2cccs2)nc1SCc1cc(=O)n2ccsc2n1. The topological polar surface area (TPSA) is 71.0 Å². The van der Waals surface area contributed by atoms with Gasteiger partial charge >= 0.3 is 6.18 Å². The monoisotopic (exact) mass is 450 g/mol. The lowest BCUT2D eigenvalue weighted by molar-refractivity contribution is -0.138. The van der Waals surface area contributed by atoms with Crippen LogP contribution in [-0.4, -0.2) is 14.4 Å². The molecule has 0 aliphatic carbocycles. The molecule has 0 aliphatic rings. The van der Waals surface area contributed by atoms with E-state index in [0.717, 1.165) is 17.8 Å². The van der Waals surface area contributed by atoms with E-state index >= 15 is 0 Å². The molecule has 0 radical (unpaired) electrons. The highest BCUT2D eigenvalue weighted by Crippen LogP contribution is 2.39. The summed E-state index contributed by atoms with van der Waals surface area (Å²) < 4.78 is 42.0. The Morgan fingerprint density at radius 3 is 2.72 bits per heavy atom. The standard InChI is InChI=1S/C18H9F3N4OS3/c19-18(20,21)12-7-13(14-2-1-4-27-14)24-16(11(12)8-22)29-9-10-6-15(26)25-3-5-28-17(25)23-10/h1-7H,9H2. The summed E-state index contributed by atoms with van der Waals surface area (Å²) in [6.07, 6.45) is -3.09. The molecule has 0 N–H and O–H groups in total. The van der Waals surface area contributed by atoms with E-state index in [-0.39, 0.29) is 22.0 Å². The van der Waals surface area contributed by atoms with E-state index in [1.54, 1.807) is 35.2 Å². The van der Waals surface area contributed by atoms with E-state index in [2.05, 4.69) is 9.97 Å². The maximum absolute atomic E-state index is 13.6. The average molecular weight is 450 g/mol. The summed E-state index contributed by atoms with van der Waals surface area (Å²) in [6.45, 7) is 0. The predicted octanol–water partition coefficient (Wildman–Crippen LogP) is 5.06. The Kier molecular flexibility index (Phi) is 5.16. The first kappa shape index (κ1) is 19.6. The van der Waals surface area contributed by atoms with Gasteiger partial charge in [0, 0.05) is 23.4 Å². The minimum absolute atomic E-state index is 0.0427. The van der Waals surface area contributed by atoms with Gasteiger partial charge < -0.3 is 0 Å². The van der Waals surface area contributed by atoms with Crippen LogP contribution in [0.2, 0.25) is 0 Å². The molecule has 4 heterocycles. The van der Waals surface area contributed by atoms with Crippen molar-refractivity contribution in [3.63, 3.8) is 0 Å². The third-order valence-corrected chi connectivity index (χ3v) is 6.55. The van der Waals surface area contributed by atoms with Gasteiger partial charge in [-0.25, -0.2) is 9.97 Å². The summed E-state index contributed by atoms with van der Waals surface area (Å²) in [6, 6.07) is 7.24. The largest absolute Gasteiger partial charge is 0.417 e. The lowest BCUT2D eigenvalue weighted by atomic mass is 10.1. The van der Waals surface area contributed by atoms with Crippen molar-refractivity contribution in [1.82, 2.24) is 14.4 Å². The Morgan fingerprint density at radius 2 is 2.03 bits per heavy atom. The summed E-state index contributed by atoms with van der Waals surface area (Å²) in [5.41, 5.74) is -1.28. The van der Waals surface area contributed by atoms with Gasteiger partial charge in [0.2, 0.25) is 0 Å². The molecule has 0 atom stereocenters. The molecular formula is C18H9F3N4OS3. The molecule has 4 rings (SSSR count). The molecule has 0 amide bonds. The molecule has 5 nitrogen and oxygen atoms in total. The molecule has 0 bridgehead atoms. The lowest BCUT2D eigenvalue weighted by Gasteiger charge is -2.13. The Bertz CT molecular complexity index is 1290. The van der Waals surface area contributed by atoms with Gasteiger partial charge in [-0.3, -0.25) is 9.20 Å². The molecule has 0 saturated carbocycles. The number of rotatable bonds is 4. The van der Waals surface area contributed by atoms with E-state index in [9.17, 15) is 23.2 Å². The van der Waals surface area contributed by atoms with Crippen LogP contribution in [0.1, 0.15) is 16.8 Å². The molecule has 0 spiro atoms. The van der Waals surface area contributed by atoms with Gasteiger partial charge in [-0.05, 0) is 17.5 Å². The van der Waals surface area contributed by atoms with Crippen molar-refractivity contribution in [2.45, 2.75) is 17.0 Å². The van der Waals surface area contributed by atoms with Crippen LogP contribution in [0.15, 0.2) is 51.0 Å². The van der Waals surface area contributed by atoms with Crippen LogP contribution >= 0.6 is 34.4 Å². The maximum Gasteiger partial charge on any atom is 0.417 e. The number of hydrogen-bond donors (Lipinski definition) is 0. The fourth-order valence-corrected chi connectivity index (χ4v) is 4.93. The maximum atomic E-state index is 13.6. The van der Waals surface area contributed by atoms with Crippen LogP contribution in [0.4, 0.5) is 13.2 Å². The second-order valence-corrected chi connectivity index (χ2v) is 8.54. The molecule has 146 valence electrons. The van der Waals surface area contributed by atoms with Gasteiger partial charge in [0.25, 0.3) is 5.56 Å². The molecule has 0 aromatic carbocycles. The second-order valence-electron chi connectivity index (χ2n) is 5.75. The van der Waals surface area contributed by atoms with Crippen LogP contribution in [0, 0.1) is 11.3 Å². The molecule has 4 aromatic rings. The summed E-state index contributed by atoms with van der Waals surface area (Å²) in [5, 5.41) is 12.8. The fraction of sp³-hybridized carbons (Fsp3) is 0.111. The molecule has 0 fully saturated rings. The van der Waals surface area contributed by atoms with Gasteiger partial charge in [-0.1, -0.05) is 17.8 Å². The van der Waals surface area contributed by atoms with Crippen LogP contribution in [0.5, 0.6) is 0 Å². The minimum Gasteiger partial charge on any atom is -0.269 e. The quantitative estimate of drug-likeness (QED) is 0.407.